The molecular weight excluding hydrogens is 866 g/mol. The van der Waals surface area contributed by atoms with Gasteiger partial charge in [-0.3, -0.25) is 13.8 Å². The zero-order valence-electron chi connectivity index (χ0n) is 44.3. The van der Waals surface area contributed by atoms with Crippen molar-refractivity contribution in [1.29, 1.82) is 0 Å². The zero-order chi connectivity index (χ0) is 49.4. The zero-order valence-corrected chi connectivity index (χ0v) is 45.2. The van der Waals surface area contributed by atoms with Crippen LogP contribution in [-0.2, 0) is 27.9 Å². The number of carbonyl (C=O) groups is 1. The summed E-state index contributed by atoms with van der Waals surface area (Å²) in [5.74, 6) is -0.331. The SMILES string of the molecule is CC/C=C\C/C=C\C/C=C\C/C=C\CCCCCCCCCCCCCCCOCC(COP(=O)(O)OCCN)OC(=O)CCCCCCCCCCCCC/C=C\C/C=C\CCCCCCC. The van der Waals surface area contributed by atoms with Gasteiger partial charge in [0.15, 0.2) is 0 Å². The predicted molar refractivity (Wildman–Crippen MR) is 293 cm³/mol. The molecule has 2 unspecified atom stereocenters. The lowest BCUT2D eigenvalue weighted by Crippen LogP contribution is -2.28. The number of ether oxygens (including phenoxy) is 2. The number of nitrogens with two attached hydrogens (primary N) is 1. The minimum atomic E-state index is -4.29. The lowest BCUT2D eigenvalue weighted by atomic mass is 10.0. The molecule has 396 valence electrons. The molecule has 0 spiro atoms. The molecule has 0 radical (unpaired) electrons. The molecule has 0 aliphatic carbocycles. The molecular formula is C59H108NO7P. The fraction of sp³-hybridized carbons (Fsp3) is 0.780. The van der Waals surface area contributed by atoms with Crippen molar-refractivity contribution in [3.05, 3.63) is 72.9 Å². The molecule has 0 fully saturated rings. The number of rotatable bonds is 54. The summed E-state index contributed by atoms with van der Waals surface area (Å²) in [7, 11) is -4.29. The van der Waals surface area contributed by atoms with Gasteiger partial charge in [-0.1, -0.05) is 241 Å². The van der Waals surface area contributed by atoms with E-state index in [0.29, 0.717) is 13.0 Å². The summed E-state index contributed by atoms with van der Waals surface area (Å²) < 4.78 is 33.7. The van der Waals surface area contributed by atoms with E-state index in [1.807, 2.05) is 0 Å². The van der Waals surface area contributed by atoms with Crippen molar-refractivity contribution in [1.82, 2.24) is 0 Å². The highest BCUT2D eigenvalue weighted by Crippen LogP contribution is 2.43. The third kappa shape index (κ3) is 54.9. The highest BCUT2D eigenvalue weighted by molar-refractivity contribution is 7.47. The van der Waals surface area contributed by atoms with Gasteiger partial charge in [0.05, 0.1) is 19.8 Å². The highest BCUT2D eigenvalue weighted by Gasteiger charge is 2.25. The van der Waals surface area contributed by atoms with E-state index in [0.717, 1.165) is 64.2 Å². The Bertz CT molecular complexity index is 1280. The largest absolute Gasteiger partial charge is 0.472 e. The fourth-order valence-corrected chi connectivity index (χ4v) is 8.73. The average Bonchev–Trinajstić information content (AvgIpc) is 3.33. The van der Waals surface area contributed by atoms with Crippen LogP contribution in [0.4, 0.5) is 0 Å². The van der Waals surface area contributed by atoms with Crippen LogP contribution in [0.5, 0.6) is 0 Å². The van der Waals surface area contributed by atoms with Crippen LogP contribution in [0.2, 0.25) is 0 Å². The van der Waals surface area contributed by atoms with Crippen molar-refractivity contribution in [2.24, 2.45) is 5.73 Å². The molecule has 9 heteroatoms. The maximum absolute atomic E-state index is 12.7. The lowest BCUT2D eigenvalue weighted by molar-refractivity contribution is -0.154. The van der Waals surface area contributed by atoms with E-state index in [2.05, 4.69) is 86.8 Å². The molecule has 2 atom stereocenters. The van der Waals surface area contributed by atoms with Crippen LogP contribution in [0.25, 0.3) is 0 Å². The molecule has 0 amide bonds. The van der Waals surface area contributed by atoms with Gasteiger partial charge in [0.1, 0.15) is 6.10 Å². The first kappa shape index (κ1) is 65.9. The van der Waals surface area contributed by atoms with Crippen LogP contribution in [0, 0.1) is 0 Å². The topological polar surface area (TPSA) is 117 Å². The molecule has 0 rings (SSSR count). The van der Waals surface area contributed by atoms with Gasteiger partial charge in [-0.2, -0.15) is 0 Å². The number of phosphoric ester groups is 1. The third-order valence-electron chi connectivity index (χ3n) is 12.1. The predicted octanol–water partition coefficient (Wildman–Crippen LogP) is 18.2. The molecule has 0 heterocycles. The second kappa shape index (κ2) is 55.9. The van der Waals surface area contributed by atoms with E-state index in [-0.39, 0.29) is 32.3 Å². The number of phosphoric acid groups is 1. The average molecular weight is 974 g/mol. The van der Waals surface area contributed by atoms with Gasteiger partial charge < -0.3 is 20.1 Å². The first-order valence-electron chi connectivity index (χ1n) is 28.4. The molecule has 3 N–H and O–H groups in total. The minimum Gasteiger partial charge on any atom is -0.457 e. The van der Waals surface area contributed by atoms with Gasteiger partial charge in [-0.05, 0) is 83.5 Å². The summed E-state index contributed by atoms with van der Waals surface area (Å²) in [6, 6.07) is 0. The monoisotopic (exact) mass is 974 g/mol. The normalized spacial score (nSPS) is 13.8. The molecule has 8 nitrogen and oxygen atoms in total. The van der Waals surface area contributed by atoms with Gasteiger partial charge in [0, 0.05) is 19.6 Å². The summed E-state index contributed by atoms with van der Waals surface area (Å²) in [4.78, 5) is 22.7. The van der Waals surface area contributed by atoms with Crippen LogP contribution < -0.4 is 5.73 Å². The first-order chi connectivity index (χ1) is 33.4. The molecule has 0 aromatic rings. The fourth-order valence-electron chi connectivity index (χ4n) is 7.96. The lowest BCUT2D eigenvalue weighted by Gasteiger charge is -2.20. The molecule has 0 bridgehead atoms. The van der Waals surface area contributed by atoms with E-state index in [9.17, 15) is 14.3 Å². The Morgan fingerprint density at radius 3 is 1.24 bits per heavy atom. The van der Waals surface area contributed by atoms with E-state index >= 15 is 0 Å². The van der Waals surface area contributed by atoms with E-state index in [1.165, 1.54) is 173 Å². The van der Waals surface area contributed by atoms with E-state index in [1.54, 1.807) is 0 Å². The molecule has 0 saturated heterocycles. The van der Waals surface area contributed by atoms with E-state index < -0.39 is 13.9 Å². The minimum absolute atomic E-state index is 0.0979. The molecule has 0 aliphatic rings. The molecule has 0 aromatic carbocycles. The van der Waals surface area contributed by atoms with Crippen molar-refractivity contribution in [3.63, 3.8) is 0 Å². The second-order valence-corrected chi connectivity index (χ2v) is 20.2. The maximum Gasteiger partial charge on any atom is 0.472 e. The molecule has 0 saturated carbocycles. The number of carbonyl (C=O) groups excluding carboxylic acids is 1. The molecule has 0 aliphatic heterocycles. The maximum atomic E-state index is 12.7. The Labute approximate surface area is 420 Å². The van der Waals surface area contributed by atoms with Crippen molar-refractivity contribution in [2.75, 3.05) is 33.0 Å². The van der Waals surface area contributed by atoms with Crippen LogP contribution in [-0.4, -0.2) is 49.9 Å². The van der Waals surface area contributed by atoms with Crippen LogP contribution in [0.3, 0.4) is 0 Å². The van der Waals surface area contributed by atoms with Gasteiger partial charge in [0.25, 0.3) is 0 Å². The summed E-state index contributed by atoms with van der Waals surface area (Å²) in [6.45, 7) is 4.82. The summed E-state index contributed by atoms with van der Waals surface area (Å²) in [6.07, 6.45) is 72.3. The van der Waals surface area contributed by atoms with Gasteiger partial charge >= 0.3 is 13.8 Å². The summed E-state index contributed by atoms with van der Waals surface area (Å²) in [5.41, 5.74) is 5.40. The van der Waals surface area contributed by atoms with Gasteiger partial charge in [-0.15, -0.1) is 0 Å². The van der Waals surface area contributed by atoms with Gasteiger partial charge in [0.2, 0.25) is 0 Å². The Morgan fingerprint density at radius 2 is 0.824 bits per heavy atom. The number of esters is 1. The van der Waals surface area contributed by atoms with Crippen molar-refractivity contribution < 1.29 is 32.8 Å². The number of hydrogen-bond acceptors (Lipinski definition) is 7. The summed E-state index contributed by atoms with van der Waals surface area (Å²) in [5, 5.41) is 0. The third-order valence-corrected chi connectivity index (χ3v) is 13.1. The number of unbranched alkanes of at least 4 members (excludes halogenated alkanes) is 29. The second-order valence-electron chi connectivity index (χ2n) is 18.8. The summed E-state index contributed by atoms with van der Waals surface area (Å²) >= 11 is 0. The molecule has 0 aromatic heterocycles. The van der Waals surface area contributed by atoms with Crippen LogP contribution in [0.15, 0.2) is 72.9 Å². The van der Waals surface area contributed by atoms with Crippen molar-refractivity contribution in [3.8, 4) is 0 Å². The van der Waals surface area contributed by atoms with Crippen LogP contribution in [0.1, 0.15) is 258 Å². The Hall–Kier alpha value is -2.06. The Kier molecular flexibility index (Phi) is 54.2. The highest BCUT2D eigenvalue weighted by atomic mass is 31.2. The Morgan fingerprint density at radius 1 is 0.456 bits per heavy atom. The first-order valence-corrected chi connectivity index (χ1v) is 29.9. The van der Waals surface area contributed by atoms with Crippen molar-refractivity contribution in [2.45, 2.75) is 264 Å². The standard InChI is InChI=1S/C59H108NO7P/c1-3-5-7-9-11-13-15-17-19-21-23-25-27-28-29-31-33-35-37-39-41-43-45-47-49-51-54-64-56-58(57-66-68(62,63)65-55-53-60)67-59(61)52-50-48-46-44-42-40-38-36-34-32-30-26-24-22-20-18-16-14-12-10-8-6-4-2/h5,7,11,13,16-19,22-25,58H,3-4,6,8-10,12,14-15,20-21,26-57,60H2,1-2H3,(H,62,63)/b7-5-,13-11-,18-16-,19-17-,24-22-,25-23-. The molecule has 68 heavy (non-hydrogen) atoms. The quantitative estimate of drug-likeness (QED) is 0.0268. The smallest absolute Gasteiger partial charge is 0.457 e. The van der Waals surface area contributed by atoms with Gasteiger partial charge in [-0.25, -0.2) is 4.57 Å². The van der Waals surface area contributed by atoms with Crippen LogP contribution >= 0.6 is 7.82 Å². The van der Waals surface area contributed by atoms with Crippen molar-refractivity contribution >= 4 is 13.8 Å². The Balaban J connectivity index is 3.89. The number of hydrogen-bond donors (Lipinski definition) is 2. The van der Waals surface area contributed by atoms with E-state index in [4.69, 9.17) is 24.3 Å². The number of allylic oxidation sites excluding steroid dienone is 12.